The summed E-state index contributed by atoms with van der Waals surface area (Å²) in [6, 6.07) is 0.770. The largest absolute Gasteiger partial charge is 0.329 e. The second-order valence-corrected chi connectivity index (χ2v) is 5.20. The molecule has 0 amide bonds. The van der Waals surface area contributed by atoms with E-state index in [0.717, 1.165) is 0 Å². The van der Waals surface area contributed by atoms with Gasteiger partial charge in [0.1, 0.15) is 0 Å². The molecular weight excluding hydrogens is 212 g/mol. The van der Waals surface area contributed by atoms with Crippen molar-refractivity contribution in [2.45, 2.75) is 45.2 Å². The molecule has 1 aromatic rings. The van der Waals surface area contributed by atoms with Crippen LogP contribution in [0.25, 0.3) is 0 Å². The molecule has 1 aromatic heterocycles. The minimum atomic E-state index is 0.350. The molecule has 2 N–H and O–H groups in total. The van der Waals surface area contributed by atoms with E-state index in [0.29, 0.717) is 18.6 Å². The molecule has 1 unspecified atom stereocenters. The van der Waals surface area contributed by atoms with Crippen LogP contribution in [0.5, 0.6) is 0 Å². The fourth-order valence-electron chi connectivity index (χ4n) is 2.53. The van der Waals surface area contributed by atoms with Gasteiger partial charge in [0.05, 0.1) is 12.2 Å². The molecule has 1 atom stereocenters. The number of aromatic nitrogens is 2. The fraction of sp³-hybridized carbons (Fsp3) is 0.769. The van der Waals surface area contributed by atoms with Gasteiger partial charge in [0.15, 0.2) is 0 Å². The standard InChI is InChI=1S/C13H24N4/c1-11(2)17-10-12(9-15-17)13(8-14)16-6-4-3-5-7-16/h9-11,13H,3-8,14H2,1-2H3. The van der Waals surface area contributed by atoms with Crippen LogP contribution in [0.3, 0.4) is 0 Å². The van der Waals surface area contributed by atoms with Gasteiger partial charge in [0.25, 0.3) is 0 Å². The van der Waals surface area contributed by atoms with Gasteiger partial charge in [-0.2, -0.15) is 5.10 Å². The minimum absolute atomic E-state index is 0.350. The van der Waals surface area contributed by atoms with Crippen molar-refractivity contribution in [3.63, 3.8) is 0 Å². The van der Waals surface area contributed by atoms with Gasteiger partial charge >= 0.3 is 0 Å². The minimum Gasteiger partial charge on any atom is -0.329 e. The van der Waals surface area contributed by atoms with Gasteiger partial charge in [-0.3, -0.25) is 9.58 Å². The van der Waals surface area contributed by atoms with Crippen LogP contribution in [0.1, 0.15) is 50.8 Å². The number of nitrogens with two attached hydrogens (primary N) is 1. The normalized spacial score (nSPS) is 19.8. The van der Waals surface area contributed by atoms with Crippen LogP contribution in [-0.4, -0.2) is 34.3 Å². The monoisotopic (exact) mass is 236 g/mol. The number of rotatable bonds is 4. The molecule has 0 aromatic carbocycles. The molecule has 2 heterocycles. The SMILES string of the molecule is CC(C)n1cc(C(CN)N2CCCCC2)cn1. The zero-order valence-corrected chi connectivity index (χ0v) is 11.0. The van der Waals surface area contributed by atoms with Crippen molar-refractivity contribution in [1.29, 1.82) is 0 Å². The summed E-state index contributed by atoms with van der Waals surface area (Å²) in [7, 11) is 0. The molecule has 0 bridgehead atoms. The number of nitrogens with zero attached hydrogens (tertiary/aromatic N) is 3. The summed E-state index contributed by atoms with van der Waals surface area (Å²) in [5.74, 6) is 0. The highest BCUT2D eigenvalue weighted by Crippen LogP contribution is 2.23. The zero-order valence-electron chi connectivity index (χ0n) is 11.0. The smallest absolute Gasteiger partial charge is 0.0538 e. The van der Waals surface area contributed by atoms with Crippen LogP contribution < -0.4 is 5.73 Å². The van der Waals surface area contributed by atoms with Crippen LogP contribution in [0.15, 0.2) is 12.4 Å². The molecule has 17 heavy (non-hydrogen) atoms. The molecule has 1 aliphatic heterocycles. The summed E-state index contributed by atoms with van der Waals surface area (Å²) in [6.45, 7) is 7.33. The predicted octanol–water partition coefficient (Wildman–Crippen LogP) is 1.95. The van der Waals surface area contributed by atoms with Gasteiger partial charge in [-0.05, 0) is 39.8 Å². The highest BCUT2D eigenvalue weighted by Gasteiger charge is 2.22. The molecule has 96 valence electrons. The Morgan fingerprint density at radius 3 is 2.53 bits per heavy atom. The maximum Gasteiger partial charge on any atom is 0.0538 e. The first-order chi connectivity index (χ1) is 8.22. The van der Waals surface area contributed by atoms with Crippen molar-refractivity contribution in [2.75, 3.05) is 19.6 Å². The summed E-state index contributed by atoms with van der Waals surface area (Å²) in [6.07, 6.45) is 8.09. The molecule has 1 fully saturated rings. The Labute approximate surface area is 104 Å². The molecule has 0 aliphatic carbocycles. The predicted molar refractivity (Wildman–Crippen MR) is 69.8 cm³/mol. The van der Waals surface area contributed by atoms with Gasteiger partial charge in [0.2, 0.25) is 0 Å². The number of hydrogen-bond donors (Lipinski definition) is 1. The first-order valence-electron chi connectivity index (χ1n) is 6.70. The van der Waals surface area contributed by atoms with Gasteiger partial charge in [0, 0.05) is 24.3 Å². The number of likely N-dealkylation sites (tertiary alicyclic amines) is 1. The Bertz CT molecular complexity index is 339. The average Bonchev–Trinajstić information content (AvgIpc) is 2.81. The van der Waals surface area contributed by atoms with Crippen LogP contribution in [0, 0.1) is 0 Å². The summed E-state index contributed by atoms with van der Waals surface area (Å²) in [5, 5.41) is 4.41. The maximum atomic E-state index is 5.94. The van der Waals surface area contributed by atoms with E-state index in [2.05, 4.69) is 30.0 Å². The van der Waals surface area contributed by atoms with Gasteiger partial charge < -0.3 is 5.73 Å². The molecule has 2 rings (SSSR count). The molecule has 0 radical (unpaired) electrons. The average molecular weight is 236 g/mol. The first-order valence-corrected chi connectivity index (χ1v) is 6.70. The van der Waals surface area contributed by atoms with Crippen molar-refractivity contribution in [2.24, 2.45) is 5.73 Å². The highest BCUT2D eigenvalue weighted by atomic mass is 15.3. The number of piperidine rings is 1. The molecule has 1 aliphatic rings. The van der Waals surface area contributed by atoms with Gasteiger partial charge in [-0.1, -0.05) is 6.42 Å². The molecule has 1 saturated heterocycles. The zero-order chi connectivity index (χ0) is 12.3. The van der Waals surface area contributed by atoms with E-state index in [1.165, 1.54) is 37.9 Å². The van der Waals surface area contributed by atoms with Crippen molar-refractivity contribution in [3.8, 4) is 0 Å². The van der Waals surface area contributed by atoms with E-state index in [-0.39, 0.29) is 0 Å². The third kappa shape index (κ3) is 2.87. The third-order valence-electron chi connectivity index (χ3n) is 3.59. The molecule has 4 heteroatoms. The molecule has 0 saturated carbocycles. The Hall–Kier alpha value is -0.870. The van der Waals surface area contributed by atoms with Crippen molar-refractivity contribution < 1.29 is 0 Å². The topological polar surface area (TPSA) is 47.1 Å². The summed E-state index contributed by atoms with van der Waals surface area (Å²) >= 11 is 0. The lowest BCUT2D eigenvalue weighted by Crippen LogP contribution is -2.37. The van der Waals surface area contributed by atoms with Gasteiger partial charge in [-0.25, -0.2) is 0 Å². The van der Waals surface area contributed by atoms with Crippen molar-refractivity contribution in [3.05, 3.63) is 18.0 Å². The Balaban J connectivity index is 2.10. The van der Waals surface area contributed by atoms with E-state index in [1.54, 1.807) is 0 Å². The quantitative estimate of drug-likeness (QED) is 0.869. The van der Waals surface area contributed by atoms with E-state index in [4.69, 9.17) is 5.73 Å². The van der Waals surface area contributed by atoms with Crippen LogP contribution >= 0.6 is 0 Å². The Morgan fingerprint density at radius 1 is 1.29 bits per heavy atom. The maximum absolute atomic E-state index is 5.94. The Morgan fingerprint density at radius 2 is 2.00 bits per heavy atom. The van der Waals surface area contributed by atoms with Crippen LogP contribution in [0.4, 0.5) is 0 Å². The summed E-state index contributed by atoms with van der Waals surface area (Å²) in [5.41, 5.74) is 7.21. The van der Waals surface area contributed by atoms with E-state index < -0.39 is 0 Å². The van der Waals surface area contributed by atoms with E-state index in [1.807, 2.05) is 10.9 Å². The lowest BCUT2D eigenvalue weighted by molar-refractivity contribution is 0.167. The molecule has 4 nitrogen and oxygen atoms in total. The van der Waals surface area contributed by atoms with E-state index in [9.17, 15) is 0 Å². The fourth-order valence-corrected chi connectivity index (χ4v) is 2.53. The van der Waals surface area contributed by atoms with Crippen molar-refractivity contribution in [1.82, 2.24) is 14.7 Å². The summed E-state index contributed by atoms with van der Waals surface area (Å²) < 4.78 is 2.02. The number of hydrogen-bond acceptors (Lipinski definition) is 3. The van der Waals surface area contributed by atoms with Crippen LogP contribution in [-0.2, 0) is 0 Å². The van der Waals surface area contributed by atoms with Crippen LogP contribution in [0.2, 0.25) is 0 Å². The van der Waals surface area contributed by atoms with Crippen molar-refractivity contribution >= 4 is 0 Å². The van der Waals surface area contributed by atoms with Gasteiger partial charge in [-0.15, -0.1) is 0 Å². The second kappa shape index (κ2) is 5.65. The summed E-state index contributed by atoms with van der Waals surface area (Å²) in [4.78, 5) is 2.51. The molecule has 0 spiro atoms. The first kappa shape index (κ1) is 12.6. The molecular formula is C13H24N4. The Kier molecular flexibility index (Phi) is 4.18. The highest BCUT2D eigenvalue weighted by molar-refractivity contribution is 5.12. The lowest BCUT2D eigenvalue weighted by Gasteiger charge is -2.33. The van der Waals surface area contributed by atoms with E-state index >= 15 is 0 Å². The third-order valence-corrected chi connectivity index (χ3v) is 3.59. The second-order valence-electron chi connectivity index (χ2n) is 5.20. The lowest BCUT2D eigenvalue weighted by atomic mass is 10.0.